The zero-order chi connectivity index (χ0) is 23.8. The number of hydrogen-bond donors (Lipinski definition) is 2. The largest absolute Gasteiger partial charge is 0.481 e. The van der Waals surface area contributed by atoms with Gasteiger partial charge < -0.3 is 5.11 Å². The van der Waals surface area contributed by atoms with E-state index in [0.29, 0.717) is 23.4 Å². The Hall–Kier alpha value is -3.22. The molecule has 5 atom stereocenters. The summed E-state index contributed by atoms with van der Waals surface area (Å²) < 4.78 is 0. The number of amides is 1. The standard InChI is InChI=1S/C27H25ClN2O4/c28-20-12-9-17(10-13-20)16-5-7-18(8-6-16)25(31)22-14-11-19(24(22)27(33)34)15-30-26(32)21-3-1-2-4-23(21)29-30/h1-10,12-13,19,21-24,29H,11,14-15H2,(H,33,34)/t19-,21?,22?,23?,24?/m0/s1. The van der Waals surface area contributed by atoms with Crippen LogP contribution in [0.1, 0.15) is 23.2 Å². The van der Waals surface area contributed by atoms with E-state index in [9.17, 15) is 19.5 Å². The summed E-state index contributed by atoms with van der Waals surface area (Å²) in [5.74, 6) is -3.17. The summed E-state index contributed by atoms with van der Waals surface area (Å²) in [6, 6.07) is 14.6. The maximum absolute atomic E-state index is 13.3. The second-order valence-corrected chi connectivity index (χ2v) is 9.59. The van der Waals surface area contributed by atoms with Gasteiger partial charge in [-0.25, -0.2) is 5.43 Å². The van der Waals surface area contributed by atoms with Crippen LogP contribution in [-0.4, -0.2) is 40.4 Å². The number of allylic oxidation sites excluding steroid dienone is 2. The second-order valence-electron chi connectivity index (χ2n) is 9.16. The maximum atomic E-state index is 13.3. The van der Waals surface area contributed by atoms with Crippen LogP contribution in [0.5, 0.6) is 0 Å². The third-order valence-corrected chi connectivity index (χ3v) is 7.42. The van der Waals surface area contributed by atoms with Gasteiger partial charge in [0.25, 0.3) is 0 Å². The van der Waals surface area contributed by atoms with Crippen molar-refractivity contribution in [1.29, 1.82) is 0 Å². The lowest BCUT2D eigenvalue weighted by molar-refractivity contribution is -0.145. The third-order valence-electron chi connectivity index (χ3n) is 7.17. The minimum absolute atomic E-state index is 0.0534. The highest BCUT2D eigenvalue weighted by Gasteiger charge is 2.47. The molecule has 2 aliphatic carbocycles. The zero-order valence-corrected chi connectivity index (χ0v) is 19.2. The van der Waals surface area contributed by atoms with Crippen LogP contribution in [-0.2, 0) is 9.59 Å². The minimum Gasteiger partial charge on any atom is -0.481 e. The van der Waals surface area contributed by atoms with E-state index in [4.69, 9.17) is 11.6 Å². The summed E-state index contributed by atoms with van der Waals surface area (Å²) in [6.07, 6.45) is 8.63. The van der Waals surface area contributed by atoms with Crippen LogP contribution in [0.25, 0.3) is 11.1 Å². The second kappa shape index (κ2) is 9.20. The van der Waals surface area contributed by atoms with E-state index in [1.165, 1.54) is 0 Å². The highest BCUT2D eigenvalue weighted by molar-refractivity contribution is 6.30. The number of benzene rings is 2. The zero-order valence-electron chi connectivity index (χ0n) is 18.4. The van der Waals surface area contributed by atoms with Crippen molar-refractivity contribution in [3.63, 3.8) is 0 Å². The Balaban J connectivity index is 1.30. The Bertz CT molecular complexity index is 1170. The van der Waals surface area contributed by atoms with Crippen molar-refractivity contribution in [3.8, 4) is 11.1 Å². The topological polar surface area (TPSA) is 86.7 Å². The lowest BCUT2D eigenvalue weighted by Gasteiger charge is -2.25. The summed E-state index contributed by atoms with van der Waals surface area (Å²) in [5.41, 5.74) is 5.64. The fourth-order valence-electron chi connectivity index (χ4n) is 5.40. The highest BCUT2D eigenvalue weighted by Crippen LogP contribution is 2.40. The molecule has 0 aromatic heterocycles. The smallest absolute Gasteiger partial charge is 0.307 e. The number of ketones is 1. The number of carbonyl (C=O) groups is 3. The number of hydrogen-bond acceptors (Lipinski definition) is 4. The average Bonchev–Trinajstić information content (AvgIpc) is 3.41. The quantitative estimate of drug-likeness (QED) is 0.604. The lowest BCUT2D eigenvalue weighted by atomic mass is 9.84. The van der Waals surface area contributed by atoms with Crippen molar-refractivity contribution >= 4 is 29.3 Å². The molecule has 34 heavy (non-hydrogen) atoms. The Morgan fingerprint density at radius 2 is 1.62 bits per heavy atom. The molecule has 1 heterocycles. The van der Waals surface area contributed by atoms with Gasteiger partial charge in [-0.1, -0.05) is 72.3 Å². The Morgan fingerprint density at radius 3 is 2.26 bits per heavy atom. The predicted molar refractivity (Wildman–Crippen MR) is 129 cm³/mol. The number of rotatable bonds is 6. The number of Topliss-reactive ketones (excluding diaryl/α,β-unsaturated/α-hetero) is 1. The third kappa shape index (κ3) is 4.19. The van der Waals surface area contributed by atoms with E-state index in [0.717, 1.165) is 11.1 Å². The molecule has 0 radical (unpaired) electrons. The van der Waals surface area contributed by atoms with Gasteiger partial charge in [-0.05, 0) is 42.0 Å². The van der Waals surface area contributed by atoms with Gasteiger partial charge in [0.1, 0.15) is 0 Å². The van der Waals surface area contributed by atoms with Crippen LogP contribution in [0.15, 0.2) is 72.8 Å². The fourth-order valence-corrected chi connectivity index (χ4v) is 5.53. The molecule has 1 aliphatic heterocycles. The molecule has 2 aromatic carbocycles. The first kappa shape index (κ1) is 22.6. The van der Waals surface area contributed by atoms with Gasteiger partial charge in [0, 0.05) is 23.0 Å². The van der Waals surface area contributed by atoms with E-state index in [-0.39, 0.29) is 36.1 Å². The van der Waals surface area contributed by atoms with Crippen molar-refractivity contribution in [2.75, 3.05) is 6.54 Å². The van der Waals surface area contributed by atoms with Crippen molar-refractivity contribution in [2.45, 2.75) is 18.9 Å². The molecule has 2 N–H and O–H groups in total. The number of nitrogens with zero attached hydrogens (tertiary/aromatic N) is 1. The van der Waals surface area contributed by atoms with Crippen molar-refractivity contribution in [1.82, 2.24) is 10.4 Å². The number of carboxylic acid groups (broad SMARTS) is 1. The molecule has 3 aliphatic rings. The molecule has 7 heteroatoms. The lowest BCUT2D eigenvalue weighted by Crippen LogP contribution is -2.43. The van der Waals surface area contributed by atoms with Gasteiger partial charge >= 0.3 is 5.97 Å². The van der Waals surface area contributed by atoms with Crippen LogP contribution < -0.4 is 5.43 Å². The number of carbonyl (C=O) groups excluding carboxylic acids is 2. The first-order valence-electron chi connectivity index (χ1n) is 11.5. The Morgan fingerprint density at radius 1 is 0.971 bits per heavy atom. The van der Waals surface area contributed by atoms with Gasteiger partial charge in [-0.3, -0.25) is 19.4 Å². The summed E-state index contributed by atoms with van der Waals surface area (Å²) in [6.45, 7) is 0.282. The molecule has 2 fully saturated rings. The van der Waals surface area contributed by atoms with Gasteiger partial charge in [0.15, 0.2) is 5.78 Å². The number of halogens is 1. The van der Waals surface area contributed by atoms with Crippen molar-refractivity contribution < 1.29 is 19.5 Å². The normalized spacial score (nSPS) is 27.7. The molecule has 1 saturated heterocycles. The van der Waals surface area contributed by atoms with Gasteiger partial charge in [0.05, 0.1) is 17.9 Å². The molecule has 1 saturated carbocycles. The molecular weight excluding hydrogens is 452 g/mol. The molecule has 174 valence electrons. The van der Waals surface area contributed by atoms with Crippen LogP contribution in [0.3, 0.4) is 0 Å². The summed E-state index contributed by atoms with van der Waals surface area (Å²) >= 11 is 5.96. The molecule has 5 rings (SSSR count). The average molecular weight is 477 g/mol. The van der Waals surface area contributed by atoms with E-state index in [1.54, 1.807) is 17.1 Å². The van der Waals surface area contributed by atoms with Crippen LogP contribution in [0.2, 0.25) is 5.02 Å². The first-order chi connectivity index (χ1) is 16.4. The van der Waals surface area contributed by atoms with Crippen LogP contribution >= 0.6 is 11.6 Å². The molecule has 0 spiro atoms. The maximum Gasteiger partial charge on any atom is 0.307 e. The Labute approximate surface area is 202 Å². The summed E-state index contributed by atoms with van der Waals surface area (Å²) in [7, 11) is 0. The van der Waals surface area contributed by atoms with E-state index in [2.05, 4.69) is 5.43 Å². The van der Waals surface area contributed by atoms with Crippen LogP contribution in [0.4, 0.5) is 0 Å². The molecule has 1 amide bonds. The van der Waals surface area contributed by atoms with E-state index in [1.807, 2.05) is 60.7 Å². The van der Waals surface area contributed by atoms with Crippen molar-refractivity contribution in [2.24, 2.45) is 23.7 Å². The van der Waals surface area contributed by atoms with E-state index < -0.39 is 17.8 Å². The highest BCUT2D eigenvalue weighted by atomic mass is 35.5. The molecular formula is C27H25ClN2O4. The van der Waals surface area contributed by atoms with Gasteiger partial charge in [0.2, 0.25) is 5.91 Å². The molecule has 2 aromatic rings. The number of fused-ring (bicyclic) bond motifs is 1. The number of carboxylic acids is 1. The number of hydrazine groups is 1. The van der Waals surface area contributed by atoms with Crippen LogP contribution in [0, 0.1) is 23.7 Å². The number of nitrogens with one attached hydrogen (secondary N) is 1. The van der Waals surface area contributed by atoms with Gasteiger partial charge in [-0.2, -0.15) is 0 Å². The fraction of sp³-hybridized carbons (Fsp3) is 0.296. The van der Waals surface area contributed by atoms with E-state index >= 15 is 0 Å². The Kier molecular flexibility index (Phi) is 6.11. The molecule has 6 nitrogen and oxygen atoms in total. The summed E-state index contributed by atoms with van der Waals surface area (Å²) in [4.78, 5) is 38.3. The SMILES string of the molecule is O=C(c1ccc(-c2ccc(Cl)cc2)cc1)C1CC[C@@H](CN2NC3C=CC=CC3C2=O)C1C(=O)O. The van der Waals surface area contributed by atoms with Crippen molar-refractivity contribution in [3.05, 3.63) is 83.4 Å². The summed E-state index contributed by atoms with van der Waals surface area (Å²) in [5, 5.41) is 12.2. The first-order valence-corrected chi connectivity index (χ1v) is 11.9. The molecule has 0 bridgehead atoms. The minimum atomic E-state index is -0.984. The monoisotopic (exact) mass is 476 g/mol. The van der Waals surface area contributed by atoms with Gasteiger partial charge in [-0.15, -0.1) is 0 Å². The number of aliphatic carboxylic acids is 1. The predicted octanol–water partition coefficient (Wildman–Crippen LogP) is 4.37. The molecule has 4 unspecified atom stereocenters.